The molecule has 0 saturated carbocycles. The average molecular weight is 442 g/mol. The van der Waals surface area contributed by atoms with Gasteiger partial charge in [0.05, 0.1) is 5.69 Å². The summed E-state index contributed by atoms with van der Waals surface area (Å²) in [5.74, 6) is 0.723. The number of benzene rings is 1. The van der Waals surface area contributed by atoms with Crippen LogP contribution in [0, 0.1) is 11.3 Å². The smallest absolute Gasteiger partial charge is 0.201 e. The van der Waals surface area contributed by atoms with Gasteiger partial charge in [0, 0.05) is 17.0 Å². The van der Waals surface area contributed by atoms with Crippen LogP contribution in [0.2, 0.25) is 0 Å². The van der Waals surface area contributed by atoms with E-state index in [1.165, 1.54) is 23.8 Å². The van der Waals surface area contributed by atoms with Gasteiger partial charge in [0.2, 0.25) is 5.88 Å². The normalized spacial score (nSPS) is 13.3. The zero-order chi connectivity index (χ0) is 23.9. The van der Waals surface area contributed by atoms with Gasteiger partial charge in [0.25, 0.3) is 0 Å². The van der Waals surface area contributed by atoms with Crippen molar-refractivity contribution in [1.29, 1.82) is 0 Å². The molecule has 1 atom stereocenters. The van der Waals surface area contributed by atoms with E-state index in [1.54, 1.807) is 6.07 Å². The topological polar surface area (TPSA) is 62.5 Å². The molecule has 178 valence electrons. The molecule has 1 aromatic carbocycles. The van der Waals surface area contributed by atoms with Crippen molar-refractivity contribution < 1.29 is 15.0 Å². The van der Waals surface area contributed by atoms with Gasteiger partial charge >= 0.3 is 0 Å². The highest BCUT2D eigenvalue weighted by Gasteiger charge is 2.30. The molecule has 1 unspecified atom stereocenters. The third-order valence-electron chi connectivity index (χ3n) is 6.58. The zero-order valence-electron chi connectivity index (χ0n) is 20.9. The highest BCUT2D eigenvalue weighted by atomic mass is 16.3. The van der Waals surface area contributed by atoms with Gasteiger partial charge in [0.1, 0.15) is 6.29 Å². The van der Waals surface area contributed by atoms with Gasteiger partial charge in [-0.3, -0.25) is 4.57 Å². The minimum absolute atomic E-state index is 0.0652. The average Bonchev–Trinajstić information content (AvgIpc) is 3.00. The Kier molecular flexibility index (Phi) is 9.00. The molecule has 0 spiro atoms. The minimum Gasteiger partial charge on any atom is -0.494 e. The van der Waals surface area contributed by atoms with Gasteiger partial charge in [-0.05, 0) is 41.9 Å². The summed E-state index contributed by atoms with van der Waals surface area (Å²) in [6, 6.07) is 9.62. The number of hydrogen-bond acceptors (Lipinski definition) is 3. The molecule has 0 aliphatic carbocycles. The van der Waals surface area contributed by atoms with Crippen molar-refractivity contribution in [2.45, 2.75) is 98.3 Å². The largest absolute Gasteiger partial charge is 0.494 e. The number of aldehydes is 1. The van der Waals surface area contributed by atoms with Gasteiger partial charge in [-0.1, -0.05) is 92.2 Å². The number of carbonyl (C=O) groups excluding carboxylic acids is 1. The Morgan fingerprint density at radius 1 is 0.969 bits per heavy atom. The Balaban J connectivity index is 2.24. The number of aromatic hydroxyl groups is 2. The lowest BCUT2D eigenvalue weighted by molar-refractivity contribution is -0.115. The maximum Gasteiger partial charge on any atom is 0.201 e. The SMILES string of the molecule is CCCCCC(CCC)Cc1cc(O)n(-c2ccc(C(C)(C)CC(C)(C)C=O)cc2)c1O. The van der Waals surface area contributed by atoms with Crippen LogP contribution in [0.25, 0.3) is 5.69 Å². The van der Waals surface area contributed by atoms with Crippen molar-refractivity contribution in [3.05, 3.63) is 41.5 Å². The summed E-state index contributed by atoms with van der Waals surface area (Å²) in [4.78, 5) is 11.4. The number of hydrogen-bond donors (Lipinski definition) is 2. The van der Waals surface area contributed by atoms with Crippen molar-refractivity contribution in [3.63, 3.8) is 0 Å². The van der Waals surface area contributed by atoms with Gasteiger partial charge in [0.15, 0.2) is 5.88 Å². The molecule has 2 aromatic rings. The number of carbonyl (C=O) groups is 1. The highest BCUT2D eigenvalue weighted by molar-refractivity contribution is 5.58. The van der Waals surface area contributed by atoms with Crippen molar-refractivity contribution in [2.24, 2.45) is 11.3 Å². The van der Waals surface area contributed by atoms with E-state index >= 15 is 0 Å². The standard InChI is InChI=1S/C28H43NO3/c1-7-9-10-12-21(11-8-2)17-22-18-25(31)29(26(22)32)24-15-13-23(14-16-24)28(5,6)19-27(3,4)20-30/h13-16,18,20-21,31-32H,7-12,17,19H2,1-6H3. The second-order valence-electron chi connectivity index (χ2n) is 10.8. The molecule has 1 heterocycles. The second kappa shape index (κ2) is 11.1. The molecule has 2 N–H and O–H groups in total. The molecule has 0 amide bonds. The van der Waals surface area contributed by atoms with Crippen molar-refractivity contribution in [2.75, 3.05) is 0 Å². The van der Waals surface area contributed by atoms with Crippen molar-refractivity contribution in [1.82, 2.24) is 4.57 Å². The predicted octanol–water partition coefficient (Wildman–Crippen LogP) is 7.32. The summed E-state index contributed by atoms with van der Waals surface area (Å²) in [5.41, 5.74) is 2.12. The van der Waals surface area contributed by atoms with Crippen LogP contribution in [0.4, 0.5) is 0 Å². The molecule has 4 nitrogen and oxygen atoms in total. The van der Waals surface area contributed by atoms with E-state index in [4.69, 9.17) is 0 Å². The molecule has 2 rings (SSSR count). The maximum absolute atomic E-state index is 11.4. The van der Waals surface area contributed by atoms with E-state index in [2.05, 4.69) is 27.7 Å². The van der Waals surface area contributed by atoms with E-state index in [9.17, 15) is 15.0 Å². The summed E-state index contributed by atoms with van der Waals surface area (Å²) >= 11 is 0. The van der Waals surface area contributed by atoms with E-state index in [0.717, 1.165) is 55.2 Å². The molecular formula is C28H43NO3. The summed E-state index contributed by atoms with van der Waals surface area (Å²) in [6.07, 6.45) is 9.64. The molecule has 32 heavy (non-hydrogen) atoms. The van der Waals surface area contributed by atoms with Crippen molar-refractivity contribution >= 4 is 6.29 Å². The van der Waals surface area contributed by atoms with Crippen LogP contribution >= 0.6 is 0 Å². The Hall–Kier alpha value is -2.23. The lowest BCUT2D eigenvalue weighted by Crippen LogP contribution is -2.27. The molecule has 1 aromatic heterocycles. The predicted molar refractivity (Wildman–Crippen MR) is 133 cm³/mol. The second-order valence-corrected chi connectivity index (χ2v) is 10.8. The third kappa shape index (κ3) is 6.63. The first-order chi connectivity index (χ1) is 15.0. The number of unbranched alkanes of at least 4 members (excludes halogenated alkanes) is 2. The van der Waals surface area contributed by atoms with E-state index < -0.39 is 0 Å². The van der Waals surface area contributed by atoms with Crippen molar-refractivity contribution in [3.8, 4) is 17.4 Å². The zero-order valence-corrected chi connectivity index (χ0v) is 20.9. The fourth-order valence-electron chi connectivity index (χ4n) is 5.04. The minimum atomic E-state index is -0.389. The molecule has 0 radical (unpaired) electrons. The molecule has 0 aliphatic rings. The Bertz CT molecular complexity index is 862. The quantitative estimate of drug-likeness (QED) is 0.253. The lowest BCUT2D eigenvalue weighted by atomic mass is 9.72. The lowest BCUT2D eigenvalue weighted by Gasteiger charge is -2.32. The number of rotatable bonds is 13. The Morgan fingerprint density at radius 3 is 2.19 bits per heavy atom. The van der Waals surface area contributed by atoms with E-state index in [1.807, 2.05) is 38.1 Å². The van der Waals surface area contributed by atoms with Crippen LogP contribution in [0.3, 0.4) is 0 Å². The molecule has 0 bridgehead atoms. The number of nitrogens with zero attached hydrogens (tertiary/aromatic N) is 1. The fourth-order valence-corrected chi connectivity index (χ4v) is 5.04. The van der Waals surface area contributed by atoms with Gasteiger partial charge in [-0.15, -0.1) is 0 Å². The van der Waals surface area contributed by atoms with Crippen LogP contribution in [0.5, 0.6) is 11.8 Å². The summed E-state index contributed by atoms with van der Waals surface area (Å²) in [5, 5.41) is 21.5. The first kappa shape index (κ1) is 26.0. The Labute approximate surface area is 194 Å². The molecule has 0 saturated heterocycles. The first-order valence-corrected chi connectivity index (χ1v) is 12.2. The maximum atomic E-state index is 11.4. The van der Waals surface area contributed by atoms with Crippen LogP contribution in [0.15, 0.2) is 30.3 Å². The van der Waals surface area contributed by atoms with Gasteiger partial charge in [-0.2, -0.15) is 0 Å². The Morgan fingerprint density at radius 2 is 1.62 bits per heavy atom. The van der Waals surface area contributed by atoms with Gasteiger partial charge in [-0.25, -0.2) is 0 Å². The van der Waals surface area contributed by atoms with E-state index in [-0.39, 0.29) is 22.6 Å². The summed E-state index contributed by atoms with van der Waals surface area (Å²) in [7, 11) is 0. The van der Waals surface area contributed by atoms with Crippen LogP contribution in [0.1, 0.15) is 97.6 Å². The fraction of sp³-hybridized carbons (Fsp3) is 0.607. The molecule has 0 fully saturated rings. The van der Waals surface area contributed by atoms with Crippen LogP contribution in [-0.2, 0) is 16.6 Å². The van der Waals surface area contributed by atoms with Crippen LogP contribution in [-0.4, -0.2) is 21.1 Å². The van der Waals surface area contributed by atoms with Crippen LogP contribution < -0.4 is 0 Å². The summed E-state index contributed by atoms with van der Waals surface area (Å²) < 4.78 is 1.52. The highest BCUT2D eigenvalue weighted by Crippen LogP contribution is 2.38. The first-order valence-electron chi connectivity index (χ1n) is 12.2. The number of aromatic nitrogens is 1. The van der Waals surface area contributed by atoms with E-state index in [0.29, 0.717) is 5.92 Å². The molecule has 4 heteroatoms. The summed E-state index contributed by atoms with van der Waals surface area (Å²) in [6.45, 7) is 12.6. The molecule has 0 aliphatic heterocycles. The third-order valence-corrected chi connectivity index (χ3v) is 6.58. The molecular weight excluding hydrogens is 398 g/mol. The monoisotopic (exact) mass is 441 g/mol. The van der Waals surface area contributed by atoms with Gasteiger partial charge < -0.3 is 15.0 Å².